The molecule has 1 aromatic rings. The first kappa shape index (κ1) is 32.8. The Morgan fingerprint density at radius 1 is 1.07 bits per heavy atom. The fraction of sp³-hybridized carbons (Fsp3) is 0.588. The number of hydrogen-bond acceptors (Lipinski definition) is 8. The van der Waals surface area contributed by atoms with Gasteiger partial charge in [-0.3, -0.25) is 19.2 Å². The number of cyclic esters (lactones) is 1. The fourth-order valence-electron chi connectivity index (χ4n) is 7.10. The van der Waals surface area contributed by atoms with Crippen LogP contribution in [0.2, 0.25) is 0 Å². The number of hydrogen-bond donors (Lipinski definition) is 2. The van der Waals surface area contributed by atoms with Crippen molar-refractivity contribution in [1.29, 1.82) is 0 Å². The third kappa shape index (κ3) is 6.30. The van der Waals surface area contributed by atoms with E-state index in [0.717, 1.165) is 0 Å². The number of benzene rings is 1. The number of nitrogens with zero attached hydrogens (tertiary/aromatic N) is 2. The summed E-state index contributed by atoms with van der Waals surface area (Å²) in [5.41, 5.74) is -1.28. The average molecular weight is 624 g/mol. The van der Waals surface area contributed by atoms with Gasteiger partial charge in [-0.1, -0.05) is 54.6 Å². The maximum absolute atomic E-state index is 14.6. The number of aliphatic hydroxyl groups excluding tert-OH is 1. The Balaban J connectivity index is 1.60. The molecular formula is C34H45N3O8. The van der Waals surface area contributed by atoms with Crippen molar-refractivity contribution >= 4 is 23.7 Å². The second-order valence-corrected chi connectivity index (χ2v) is 13.2. The Kier molecular flexibility index (Phi) is 9.81. The number of fused-ring (bicyclic) bond motifs is 2. The number of esters is 1. The number of ether oxygens (including phenoxy) is 3. The molecule has 0 aliphatic carbocycles. The highest BCUT2D eigenvalue weighted by atomic mass is 16.6. The Morgan fingerprint density at radius 2 is 1.82 bits per heavy atom. The molecule has 45 heavy (non-hydrogen) atoms. The predicted octanol–water partition coefficient (Wildman–Crippen LogP) is 2.30. The number of allylic oxidation sites excluding steroid dienone is 1. The molecular weight excluding hydrogens is 578 g/mol. The summed E-state index contributed by atoms with van der Waals surface area (Å²) in [4.78, 5) is 59.5. The summed E-state index contributed by atoms with van der Waals surface area (Å²) in [5.74, 6) is -3.47. The number of nitrogens with one attached hydrogen (secondary N) is 1. The van der Waals surface area contributed by atoms with Crippen LogP contribution in [-0.4, -0.2) is 101 Å². The molecule has 7 atom stereocenters. The standard InChI is InChI=1S/C34H45N3O8/c1-33(2,3)37-19-10-6-9-15-25(39)35-23(21-43-4)28(22-13-7-5-8-14-22)44-32(42)26-24-16-17-34(45-24)27(26)30(40)36(18-11-12-20-38)29(34)31(37)41/h5-8,10,13-14,16-17,23-24,26-29,38H,9,11-12,15,18-21H2,1-4H3,(H,35,39)/b10-6-/t23-,24+,26-,27-,28-,29+,34-/m1/s1. The zero-order valence-corrected chi connectivity index (χ0v) is 26.5. The summed E-state index contributed by atoms with van der Waals surface area (Å²) in [6, 6.07) is 7.43. The minimum Gasteiger partial charge on any atom is -0.455 e. The van der Waals surface area contributed by atoms with Crippen LogP contribution in [0, 0.1) is 11.8 Å². The molecule has 0 saturated carbocycles. The van der Waals surface area contributed by atoms with Crippen molar-refractivity contribution in [2.45, 2.75) is 81.9 Å². The van der Waals surface area contributed by atoms with Gasteiger partial charge in [-0.2, -0.15) is 0 Å². The molecule has 5 rings (SSSR count). The van der Waals surface area contributed by atoms with Crippen LogP contribution >= 0.6 is 0 Å². The molecule has 0 aromatic heterocycles. The summed E-state index contributed by atoms with van der Waals surface area (Å²) >= 11 is 0. The van der Waals surface area contributed by atoms with Crippen LogP contribution in [0.3, 0.4) is 0 Å². The summed E-state index contributed by atoms with van der Waals surface area (Å²) in [7, 11) is 1.51. The molecule has 0 unspecified atom stereocenters. The summed E-state index contributed by atoms with van der Waals surface area (Å²) in [6.07, 6.45) is 7.20. The number of likely N-dealkylation sites (tertiary alicyclic amines) is 1. The van der Waals surface area contributed by atoms with Gasteiger partial charge in [0.2, 0.25) is 17.7 Å². The lowest BCUT2D eigenvalue weighted by Crippen LogP contribution is -2.59. The van der Waals surface area contributed by atoms with Gasteiger partial charge >= 0.3 is 5.97 Å². The van der Waals surface area contributed by atoms with Crippen molar-refractivity contribution in [2.24, 2.45) is 11.8 Å². The number of rotatable bonds is 7. The number of aliphatic hydroxyl groups is 1. The van der Waals surface area contributed by atoms with Gasteiger partial charge in [0.05, 0.1) is 24.7 Å². The van der Waals surface area contributed by atoms with E-state index >= 15 is 0 Å². The molecule has 2 saturated heterocycles. The molecule has 3 amide bonds. The summed E-state index contributed by atoms with van der Waals surface area (Å²) < 4.78 is 18.2. The summed E-state index contributed by atoms with van der Waals surface area (Å²) in [6.45, 7) is 6.33. The molecule has 2 fully saturated rings. The third-order valence-corrected chi connectivity index (χ3v) is 9.18. The van der Waals surface area contributed by atoms with Gasteiger partial charge in [-0.05, 0) is 45.6 Å². The Hall–Kier alpha value is -3.54. The maximum Gasteiger partial charge on any atom is 0.313 e. The first-order chi connectivity index (χ1) is 21.5. The zero-order chi connectivity index (χ0) is 32.4. The lowest BCUT2D eigenvalue weighted by atomic mass is 9.74. The van der Waals surface area contributed by atoms with Gasteiger partial charge < -0.3 is 34.4 Å². The maximum atomic E-state index is 14.6. The second-order valence-electron chi connectivity index (χ2n) is 13.2. The van der Waals surface area contributed by atoms with E-state index in [-0.39, 0.29) is 50.4 Å². The highest BCUT2D eigenvalue weighted by molar-refractivity contribution is 5.99. The normalized spacial score (nSPS) is 32.9. The van der Waals surface area contributed by atoms with Gasteiger partial charge in [0, 0.05) is 38.8 Å². The molecule has 5 bridgehead atoms. The molecule has 4 aliphatic rings. The SMILES string of the molecule is COC[C@H]1NC(=O)CC/C=C\CN(C(C)(C)C)C(=O)[C@@H]2N(CCCCO)C(=O)[C@H]3[C@H](C(=O)O[C@@H]1c1ccccc1)[C@@H]1C=C[C@]23O1. The van der Waals surface area contributed by atoms with Gasteiger partial charge in [0.1, 0.15) is 23.7 Å². The van der Waals surface area contributed by atoms with E-state index in [4.69, 9.17) is 14.2 Å². The average Bonchev–Trinajstić information content (AvgIpc) is 3.64. The lowest BCUT2D eigenvalue weighted by molar-refractivity contribution is -0.162. The number of carbonyl (C=O) groups excluding carboxylic acids is 4. The quantitative estimate of drug-likeness (QED) is 0.269. The number of methoxy groups -OCH3 is 1. The Labute approximate surface area is 264 Å². The number of carbonyl (C=O) groups is 4. The van der Waals surface area contributed by atoms with Crippen LogP contribution in [0.4, 0.5) is 0 Å². The highest BCUT2D eigenvalue weighted by Gasteiger charge is 2.73. The van der Waals surface area contributed by atoms with Crippen LogP contribution in [0.15, 0.2) is 54.6 Å². The Morgan fingerprint density at radius 3 is 2.51 bits per heavy atom. The van der Waals surface area contributed by atoms with Gasteiger partial charge in [0.15, 0.2) is 0 Å². The molecule has 11 heteroatoms. The van der Waals surface area contributed by atoms with E-state index < -0.39 is 53.2 Å². The van der Waals surface area contributed by atoms with Crippen LogP contribution in [0.1, 0.15) is 58.1 Å². The van der Waals surface area contributed by atoms with Crippen molar-refractivity contribution in [1.82, 2.24) is 15.1 Å². The largest absolute Gasteiger partial charge is 0.455 e. The zero-order valence-electron chi connectivity index (χ0n) is 26.5. The first-order valence-corrected chi connectivity index (χ1v) is 15.8. The van der Waals surface area contributed by atoms with Crippen molar-refractivity contribution in [3.05, 3.63) is 60.2 Å². The smallest absolute Gasteiger partial charge is 0.313 e. The van der Waals surface area contributed by atoms with Gasteiger partial charge in [-0.25, -0.2) is 0 Å². The van der Waals surface area contributed by atoms with Crippen LogP contribution < -0.4 is 5.32 Å². The fourth-order valence-corrected chi connectivity index (χ4v) is 7.10. The lowest BCUT2D eigenvalue weighted by Gasteiger charge is -2.41. The molecule has 0 radical (unpaired) electrons. The van der Waals surface area contributed by atoms with E-state index in [2.05, 4.69) is 5.32 Å². The van der Waals surface area contributed by atoms with Crippen molar-refractivity contribution < 1.29 is 38.5 Å². The predicted molar refractivity (Wildman–Crippen MR) is 164 cm³/mol. The van der Waals surface area contributed by atoms with E-state index in [1.54, 1.807) is 22.0 Å². The molecule has 1 aromatic carbocycles. The van der Waals surface area contributed by atoms with E-state index in [1.807, 2.05) is 63.3 Å². The van der Waals surface area contributed by atoms with Crippen LogP contribution in [0.5, 0.6) is 0 Å². The van der Waals surface area contributed by atoms with E-state index in [1.165, 1.54) is 7.11 Å². The van der Waals surface area contributed by atoms with Crippen molar-refractivity contribution in [3.8, 4) is 0 Å². The van der Waals surface area contributed by atoms with Gasteiger partial charge in [0.25, 0.3) is 0 Å². The van der Waals surface area contributed by atoms with Crippen LogP contribution in [-0.2, 0) is 33.4 Å². The van der Waals surface area contributed by atoms with Crippen molar-refractivity contribution in [2.75, 3.05) is 33.4 Å². The molecule has 244 valence electrons. The molecule has 4 heterocycles. The highest BCUT2D eigenvalue weighted by Crippen LogP contribution is 2.56. The van der Waals surface area contributed by atoms with E-state index in [9.17, 15) is 24.3 Å². The van der Waals surface area contributed by atoms with Crippen LogP contribution in [0.25, 0.3) is 0 Å². The van der Waals surface area contributed by atoms with Gasteiger partial charge in [-0.15, -0.1) is 0 Å². The first-order valence-electron chi connectivity index (χ1n) is 15.8. The molecule has 4 aliphatic heterocycles. The molecule has 11 nitrogen and oxygen atoms in total. The van der Waals surface area contributed by atoms with Crippen molar-refractivity contribution in [3.63, 3.8) is 0 Å². The number of unbranched alkanes of at least 4 members (excludes halogenated alkanes) is 1. The number of amides is 3. The molecule has 1 spiro atoms. The second kappa shape index (κ2) is 13.4. The molecule has 2 N–H and O–H groups in total. The third-order valence-electron chi connectivity index (χ3n) is 9.18. The minimum absolute atomic E-state index is 0.0401. The van der Waals surface area contributed by atoms with E-state index in [0.29, 0.717) is 24.8 Å². The monoisotopic (exact) mass is 623 g/mol. The minimum atomic E-state index is -1.34. The summed E-state index contributed by atoms with van der Waals surface area (Å²) in [5, 5.41) is 12.5. The Bertz CT molecular complexity index is 1320. The topological polar surface area (TPSA) is 135 Å².